The summed E-state index contributed by atoms with van der Waals surface area (Å²) in [6, 6.07) is 4.28. The average Bonchev–Trinajstić information content (AvgIpc) is 2.23. The quantitative estimate of drug-likeness (QED) is 0.832. The Morgan fingerprint density at radius 2 is 1.93 bits per heavy atom. The maximum Gasteiger partial charge on any atom is 0.128 e. The highest BCUT2D eigenvalue weighted by molar-refractivity contribution is 6.30. The van der Waals surface area contributed by atoms with Gasteiger partial charge in [0.2, 0.25) is 0 Å². The molecule has 0 aliphatic rings. The lowest BCUT2D eigenvalue weighted by atomic mass is 9.89. The lowest BCUT2D eigenvalue weighted by Gasteiger charge is -2.22. The van der Waals surface area contributed by atoms with Gasteiger partial charge in [0, 0.05) is 16.6 Å². The van der Waals surface area contributed by atoms with Crippen LogP contribution >= 0.6 is 11.6 Å². The SMILES string of the molecule is CCC(CC)C(N)c1cc(Cl)ccc1F. The van der Waals surface area contributed by atoms with Gasteiger partial charge >= 0.3 is 0 Å². The van der Waals surface area contributed by atoms with Crippen LogP contribution in [0.15, 0.2) is 18.2 Å². The van der Waals surface area contributed by atoms with Crippen LogP contribution in [0.2, 0.25) is 5.02 Å². The van der Waals surface area contributed by atoms with Crippen molar-refractivity contribution in [3.63, 3.8) is 0 Å². The lowest BCUT2D eigenvalue weighted by molar-refractivity contribution is 0.394. The summed E-state index contributed by atoms with van der Waals surface area (Å²) >= 11 is 5.83. The Morgan fingerprint density at radius 1 is 1.33 bits per heavy atom. The highest BCUT2D eigenvalue weighted by Crippen LogP contribution is 2.28. The van der Waals surface area contributed by atoms with Gasteiger partial charge in [0.25, 0.3) is 0 Å². The standard InChI is InChI=1S/C12H17ClFN/c1-3-8(4-2)12(15)10-7-9(13)5-6-11(10)14/h5-8,12H,3-4,15H2,1-2H3. The molecule has 1 aromatic rings. The summed E-state index contributed by atoms with van der Waals surface area (Å²) in [7, 11) is 0. The summed E-state index contributed by atoms with van der Waals surface area (Å²) in [6.45, 7) is 4.13. The normalized spacial score (nSPS) is 13.2. The molecule has 0 aromatic heterocycles. The van der Waals surface area contributed by atoms with E-state index in [1.165, 1.54) is 6.07 Å². The van der Waals surface area contributed by atoms with E-state index in [1.54, 1.807) is 12.1 Å². The molecular formula is C12H17ClFN. The summed E-state index contributed by atoms with van der Waals surface area (Å²) in [4.78, 5) is 0. The van der Waals surface area contributed by atoms with Gasteiger partial charge in [0.05, 0.1) is 0 Å². The Kier molecular flexibility index (Phi) is 4.55. The van der Waals surface area contributed by atoms with Gasteiger partial charge in [-0.2, -0.15) is 0 Å². The number of benzene rings is 1. The lowest BCUT2D eigenvalue weighted by Crippen LogP contribution is -2.21. The Balaban J connectivity index is 2.98. The van der Waals surface area contributed by atoms with Crippen molar-refractivity contribution in [1.82, 2.24) is 0 Å². The molecule has 1 rings (SSSR count). The zero-order valence-electron chi connectivity index (χ0n) is 9.13. The molecule has 3 heteroatoms. The van der Waals surface area contributed by atoms with Crippen LogP contribution in [0.4, 0.5) is 4.39 Å². The molecule has 0 saturated heterocycles. The predicted octanol–water partition coefficient (Wildman–Crippen LogP) is 3.92. The average molecular weight is 230 g/mol. The number of hydrogen-bond acceptors (Lipinski definition) is 1. The van der Waals surface area contributed by atoms with Crippen LogP contribution in [-0.2, 0) is 0 Å². The second kappa shape index (κ2) is 5.47. The van der Waals surface area contributed by atoms with Gasteiger partial charge in [0.1, 0.15) is 5.82 Å². The Hall–Kier alpha value is -0.600. The van der Waals surface area contributed by atoms with E-state index < -0.39 is 0 Å². The summed E-state index contributed by atoms with van der Waals surface area (Å²) in [6.07, 6.45) is 1.90. The minimum absolute atomic E-state index is 0.265. The van der Waals surface area contributed by atoms with Crippen molar-refractivity contribution < 1.29 is 4.39 Å². The largest absolute Gasteiger partial charge is 0.324 e. The van der Waals surface area contributed by atoms with Crippen molar-refractivity contribution in [2.45, 2.75) is 32.7 Å². The maximum absolute atomic E-state index is 13.5. The molecule has 1 atom stereocenters. The van der Waals surface area contributed by atoms with E-state index >= 15 is 0 Å². The topological polar surface area (TPSA) is 26.0 Å². The van der Waals surface area contributed by atoms with Crippen LogP contribution in [0.5, 0.6) is 0 Å². The Labute approximate surface area is 95.4 Å². The molecule has 0 amide bonds. The van der Waals surface area contributed by atoms with Gasteiger partial charge in [-0.05, 0) is 24.1 Å². The van der Waals surface area contributed by atoms with Crippen molar-refractivity contribution >= 4 is 11.6 Å². The summed E-state index contributed by atoms with van der Waals surface area (Å²) in [5, 5.41) is 0.535. The molecule has 0 heterocycles. The fraction of sp³-hybridized carbons (Fsp3) is 0.500. The molecule has 1 unspecified atom stereocenters. The molecule has 0 spiro atoms. The number of hydrogen-bond donors (Lipinski definition) is 1. The molecule has 0 fully saturated rings. The van der Waals surface area contributed by atoms with Gasteiger partial charge in [-0.3, -0.25) is 0 Å². The van der Waals surface area contributed by atoms with Gasteiger partial charge in [-0.1, -0.05) is 38.3 Å². The van der Waals surface area contributed by atoms with Crippen LogP contribution in [0, 0.1) is 11.7 Å². The molecule has 1 nitrogen and oxygen atoms in total. The first-order valence-electron chi connectivity index (χ1n) is 5.30. The van der Waals surface area contributed by atoms with E-state index in [2.05, 4.69) is 13.8 Å². The van der Waals surface area contributed by atoms with E-state index in [0.29, 0.717) is 16.5 Å². The zero-order valence-corrected chi connectivity index (χ0v) is 9.89. The highest BCUT2D eigenvalue weighted by Gasteiger charge is 2.19. The molecular weight excluding hydrogens is 213 g/mol. The number of halogens is 2. The van der Waals surface area contributed by atoms with E-state index in [4.69, 9.17) is 17.3 Å². The van der Waals surface area contributed by atoms with Crippen molar-refractivity contribution in [2.24, 2.45) is 11.7 Å². The van der Waals surface area contributed by atoms with Crippen molar-refractivity contribution in [2.75, 3.05) is 0 Å². The summed E-state index contributed by atoms with van der Waals surface area (Å²) in [5.74, 6) is 0.0387. The Bertz CT molecular complexity index is 323. The third-order valence-electron chi connectivity index (χ3n) is 2.87. The van der Waals surface area contributed by atoms with Crippen LogP contribution < -0.4 is 5.73 Å². The monoisotopic (exact) mass is 229 g/mol. The third kappa shape index (κ3) is 2.93. The van der Waals surface area contributed by atoms with Crippen LogP contribution in [0.25, 0.3) is 0 Å². The second-order valence-corrected chi connectivity index (χ2v) is 4.20. The molecule has 0 bridgehead atoms. The molecule has 0 saturated carbocycles. The predicted molar refractivity (Wildman–Crippen MR) is 62.4 cm³/mol. The van der Waals surface area contributed by atoms with Gasteiger partial charge in [-0.25, -0.2) is 4.39 Å². The van der Waals surface area contributed by atoms with Gasteiger partial charge in [-0.15, -0.1) is 0 Å². The molecule has 15 heavy (non-hydrogen) atoms. The van der Waals surface area contributed by atoms with Crippen LogP contribution in [0.1, 0.15) is 38.3 Å². The van der Waals surface area contributed by atoms with Crippen LogP contribution in [-0.4, -0.2) is 0 Å². The van der Waals surface area contributed by atoms with E-state index in [1.807, 2.05) is 0 Å². The summed E-state index contributed by atoms with van der Waals surface area (Å²) < 4.78 is 13.5. The fourth-order valence-electron chi connectivity index (χ4n) is 1.82. The summed E-state index contributed by atoms with van der Waals surface area (Å²) in [5.41, 5.74) is 6.56. The van der Waals surface area contributed by atoms with Gasteiger partial charge < -0.3 is 5.73 Å². The second-order valence-electron chi connectivity index (χ2n) is 3.77. The molecule has 0 aliphatic carbocycles. The molecule has 2 N–H and O–H groups in total. The first-order valence-corrected chi connectivity index (χ1v) is 5.68. The van der Waals surface area contributed by atoms with Crippen LogP contribution in [0.3, 0.4) is 0 Å². The first-order chi connectivity index (χ1) is 7.10. The third-order valence-corrected chi connectivity index (χ3v) is 3.11. The molecule has 84 valence electrons. The number of nitrogens with two attached hydrogens (primary N) is 1. The minimum Gasteiger partial charge on any atom is -0.324 e. The molecule has 0 radical (unpaired) electrons. The zero-order chi connectivity index (χ0) is 11.4. The molecule has 0 aliphatic heterocycles. The van der Waals surface area contributed by atoms with Crippen molar-refractivity contribution in [3.8, 4) is 0 Å². The minimum atomic E-state index is -0.265. The van der Waals surface area contributed by atoms with Crippen molar-refractivity contribution in [1.29, 1.82) is 0 Å². The van der Waals surface area contributed by atoms with Gasteiger partial charge in [0.15, 0.2) is 0 Å². The van der Waals surface area contributed by atoms with E-state index in [0.717, 1.165) is 12.8 Å². The maximum atomic E-state index is 13.5. The Morgan fingerprint density at radius 3 is 2.47 bits per heavy atom. The van der Waals surface area contributed by atoms with E-state index in [-0.39, 0.29) is 11.9 Å². The van der Waals surface area contributed by atoms with E-state index in [9.17, 15) is 4.39 Å². The first kappa shape index (κ1) is 12.5. The smallest absolute Gasteiger partial charge is 0.128 e. The molecule has 1 aromatic carbocycles. The fourth-order valence-corrected chi connectivity index (χ4v) is 2.00. The highest BCUT2D eigenvalue weighted by atomic mass is 35.5. The van der Waals surface area contributed by atoms with Crippen molar-refractivity contribution in [3.05, 3.63) is 34.6 Å². The number of rotatable bonds is 4.